The maximum absolute atomic E-state index is 15.0. The molecule has 0 aliphatic heterocycles. The average Bonchev–Trinajstić information content (AvgIpc) is 2.92. The van der Waals surface area contributed by atoms with Crippen LogP contribution in [-0.2, 0) is 6.42 Å². The lowest BCUT2D eigenvalue weighted by Crippen LogP contribution is -2.20. The average molecular weight is 531 g/mol. The largest absolute Gasteiger partial charge is 0.495 e. The minimum absolute atomic E-state index is 0.0467. The summed E-state index contributed by atoms with van der Waals surface area (Å²) in [6.45, 7) is 1.58. The Morgan fingerprint density at radius 1 is 0.949 bits per heavy atom. The molecule has 10 heteroatoms. The van der Waals surface area contributed by atoms with Crippen molar-refractivity contribution in [1.29, 1.82) is 0 Å². The highest BCUT2D eigenvalue weighted by Crippen LogP contribution is 2.31. The molecule has 196 valence electrons. The molecule has 0 unspecified atom stereocenters. The minimum atomic E-state index is -1.11. The highest BCUT2D eigenvalue weighted by atomic mass is 19.2. The predicted molar refractivity (Wildman–Crippen MR) is 138 cm³/mol. The fourth-order valence-corrected chi connectivity index (χ4v) is 4.15. The molecule has 7 nitrogen and oxygen atoms in total. The van der Waals surface area contributed by atoms with Crippen molar-refractivity contribution in [2.24, 2.45) is 0 Å². The second-order valence-electron chi connectivity index (χ2n) is 8.68. The molecular weight excluding hydrogens is 511 g/mol. The summed E-state index contributed by atoms with van der Waals surface area (Å²) in [5, 5.41) is 0. The van der Waals surface area contributed by atoms with Crippen molar-refractivity contribution >= 4 is 16.8 Å². The van der Waals surface area contributed by atoms with Crippen LogP contribution in [0.3, 0.4) is 0 Å². The molecule has 3 heterocycles. The lowest BCUT2D eigenvalue weighted by Gasteiger charge is -2.11. The zero-order valence-electron chi connectivity index (χ0n) is 20.7. The molecule has 5 aromatic rings. The number of pyridine rings is 3. The van der Waals surface area contributed by atoms with Crippen LogP contribution in [0.25, 0.3) is 22.2 Å². The summed E-state index contributed by atoms with van der Waals surface area (Å²) in [6, 6.07) is 10.3. The van der Waals surface area contributed by atoms with Crippen LogP contribution >= 0.6 is 0 Å². The lowest BCUT2D eigenvalue weighted by molar-refractivity contribution is 0.0991. The van der Waals surface area contributed by atoms with Crippen molar-refractivity contribution in [2.75, 3.05) is 7.11 Å². The van der Waals surface area contributed by atoms with E-state index in [0.29, 0.717) is 28.0 Å². The van der Waals surface area contributed by atoms with Crippen LogP contribution in [0.1, 0.15) is 21.6 Å². The molecule has 0 saturated heterocycles. The van der Waals surface area contributed by atoms with Gasteiger partial charge < -0.3 is 14.5 Å². The van der Waals surface area contributed by atoms with Gasteiger partial charge in [-0.05, 0) is 42.3 Å². The van der Waals surface area contributed by atoms with Crippen LogP contribution in [0.15, 0.2) is 71.9 Å². The minimum Gasteiger partial charge on any atom is -0.495 e. The third-order valence-electron chi connectivity index (χ3n) is 6.12. The number of aryl methyl sites for hydroxylation is 1. The number of aromatic amines is 1. The van der Waals surface area contributed by atoms with Gasteiger partial charge in [0.2, 0.25) is 0 Å². The Labute approximate surface area is 219 Å². The normalized spacial score (nSPS) is 11.0. The van der Waals surface area contributed by atoms with E-state index >= 15 is 0 Å². The molecule has 0 bridgehead atoms. The quantitative estimate of drug-likeness (QED) is 0.262. The zero-order chi connectivity index (χ0) is 27.7. The van der Waals surface area contributed by atoms with E-state index in [1.165, 1.54) is 43.9 Å². The smallest absolute Gasteiger partial charge is 0.200 e. The number of Topliss-reactive ketones (excluding diaryl/α,β-unsaturated/α-hetero) is 1. The van der Waals surface area contributed by atoms with Crippen LogP contribution in [0, 0.1) is 24.4 Å². The first kappa shape index (κ1) is 25.7. The number of ether oxygens (including phenoxy) is 2. The topological polar surface area (TPSA) is 94.2 Å². The van der Waals surface area contributed by atoms with E-state index in [9.17, 15) is 22.8 Å². The van der Waals surface area contributed by atoms with Crippen molar-refractivity contribution in [3.8, 4) is 28.4 Å². The first-order valence-corrected chi connectivity index (χ1v) is 11.7. The SMILES string of the molecule is COc1cnc2c(Oc3ccc(CC(=O)c4c[nH]c(C)c(-c5ccc(F)c(F)c5)c4=O)cc3F)ccnc2c1. The Morgan fingerprint density at radius 3 is 2.51 bits per heavy atom. The molecule has 0 amide bonds. The lowest BCUT2D eigenvalue weighted by atomic mass is 9.98. The molecule has 0 aliphatic carbocycles. The summed E-state index contributed by atoms with van der Waals surface area (Å²) < 4.78 is 53.0. The maximum Gasteiger partial charge on any atom is 0.200 e. The summed E-state index contributed by atoms with van der Waals surface area (Å²) in [7, 11) is 1.51. The van der Waals surface area contributed by atoms with Crippen LogP contribution in [-0.4, -0.2) is 27.8 Å². The predicted octanol–water partition coefficient (Wildman–Crippen LogP) is 5.94. The molecule has 39 heavy (non-hydrogen) atoms. The van der Waals surface area contributed by atoms with Gasteiger partial charge in [0.15, 0.2) is 40.2 Å². The number of aromatic nitrogens is 3. The number of H-pyrrole nitrogens is 1. The molecule has 0 radical (unpaired) electrons. The number of nitrogens with zero attached hydrogens (tertiary/aromatic N) is 2. The van der Waals surface area contributed by atoms with Crippen molar-refractivity contribution in [3.63, 3.8) is 0 Å². The molecule has 1 N–H and O–H groups in total. The van der Waals surface area contributed by atoms with Crippen molar-refractivity contribution in [3.05, 3.63) is 112 Å². The number of halogens is 3. The summed E-state index contributed by atoms with van der Waals surface area (Å²) in [4.78, 5) is 37.4. The van der Waals surface area contributed by atoms with Crippen molar-refractivity contribution in [2.45, 2.75) is 13.3 Å². The molecular formula is C29H20F3N3O4. The number of ketones is 1. The second kappa shape index (κ2) is 10.4. The van der Waals surface area contributed by atoms with Gasteiger partial charge in [-0.3, -0.25) is 14.6 Å². The highest BCUT2D eigenvalue weighted by molar-refractivity contribution is 5.98. The number of carbonyl (C=O) groups excluding carboxylic acids is 1. The third-order valence-corrected chi connectivity index (χ3v) is 6.12. The van der Waals surface area contributed by atoms with Gasteiger partial charge in [-0.2, -0.15) is 0 Å². The molecule has 5 rings (SSSR count). The number of fused-ring (bicyclic) bond motifs is 1. The Balaban J connectivity index is 1.39. The van der Waals surface area contributed by atoms with Gasteiger partial charge in [0, 0.05) is 42.2 Å². The molecule has 0 fully saturated rings. The first-order chi connectivity index (χ1) is 18.7. The van der Waals surface area contributed by atoms with E-state index in [1.54, 1.807) is 19.1 Å². The van der Waals surface area contributed by atoms with E-state index < -0.39 is 28.7 Å². The molecule has 0 saturated carbocycles. The monoisotopic (exact) mass is 531 g/mol. The fourth-order valence-electron chi connectivity index (χ4n) is 4.15. The molecule has 3 aromatic heterocycles. The number of nitrogens with one attached hydrogen (secondary N) is 1. The second-order valence-corrected chi connectivity index (χ2v) is 8.68. The van der Waals surface area contributed by atoms with Gasteiger partial charge in [-0.25, -0.2) is 18.2 Å². The molecule has 2 aromatic carbocycles. The van der Waals surface area contributed by atoms with Gasteiger partial charge >= 0.3 is 0 Å². The van der Waals surface area contributed by atoms with Crippen molar-refractivity contribution in [1.82, 2.24) is 15.0 Å². The number of hydrogen-bond acceptors (Lipinski definition) is 6. The van der Waals surface area contributed by atoms with Gasteiger partial charge in [0.25, 0.3) is 0 Å². The number of carbonyl (C=O) groups is 1. The zero-order valence-corrected chi connectivity index (χ0v) is 20.7. The molecule has 0 atom stereocenters. The summed E-state index contributed by atoms with van der Waals surface area (Å²) in [6.07, 6.45) is 3.97. The number of methoxy groups -OCH3 is 1. The Bertz CT molecular complexity index is 1800. The summed E-state index contributed by atoms with van der Waals surface area (Å²) in [5.41, 5.74) is 0.945. The van der Waals surface area contributed by atoms with Gasteiger partial charge in [-0.15, -0.1) is 0 Å². The molecule has 0 spiro atoms. The first-order valence-electron chi connectivity index (χ1n) is 11.7. The number of rotatable bonds is 7. The molecule has 0 aliphatic rings. The number of hydrogen-bond donors (Lipinski definition) is 1. The van der Waals surface area contributed by atoms with E-state index in [4.69, 9.17) is 9.47 Å². The van der Waals surface area contributed by atoms with Crippen LogP contribution in [0.4, 0.5) is 13.2 Å². The number of benzene rings is 2. The van der Waals surface area contributed by atoms with Crippen LogP contribution < -0.4 is 14.9 Å². The standard InChI is InChI=1S/C29H20F3N3O4/c1-15-27(17-4-5-20(30)21(31)11-17)29(37)19(14-34-15)24(36)10-16-3-6-25(22(32)9-16)39-26-7-8-33-23-12-18(38-2)13-35-28(23)26/h3-9,11-14H,10H2,1-2H3,(H,34,37). The van der Waals surface area contributed by atoms with Crippen LogP contribution in [0.5, 0.6) is 17.2 Å². The summed E-state index contributed by atoms with van der Waals surface area (Å²) >= 11 is 0. The van der Waals surface area contributed by atoms with Crippen molar-refractivity contribution < 1.29 is 27.4 Å². The van der Waals surface area contributed by atoms with E-state index in [2.05, 4.69) is 15.0 Å². The van der Waals surface area contributed by atoms with Gasteiger partial charge in [-0.1, -0.05) is 12.1 Å². The fraction of sp³-hybridized carbons (Fsp3) is 0.103. The van der Waals surface area contributed by atoms with E-state index in [-0.39, 0.29) is 34.6 Å². The van der Waals surface area contributed by atoms with E-state index in [0.717, 1.165) is 18.2 Å². The van der Waals surface area contributed by atoms with Gasteiger partial charge in [0.1, 0.15) is 11.3 Å². The Kier molecular flexibility index (Phi) is 6.84. The Morgan fingerprint density at radius 2 is 1.77 bits per heavy atom. The van der Waals surface area contributed by atoms with Gasteiger partial charge in [0.05, 0.1) is 24.4 Å². The van der Waals surface area contributed by atoms with E-state index in [1.807, 2.05) is 0 Å². The summed E-state index contributed by atoms with van der Waals surface area (Å²) in [5.74, 6) is -2.77. The highest BCUT2D eigenvalue weighted by Gasteiger charge is 2.19. The maximum atomic E-state index is 15.0. The van der Waals surface area contributed by atoms with Crippen LogP contribution in [0.2, 0.25) is 0 Å². The Hall–Kier alpha value is -4.99. The third kappa shape index (κ3) is 5.08.